The third kappa shape index (κ3) is 8.64. The van der Waals surface area contributed by atoms with E-state index in [1.807, 2.05) is 0 Å². The van der Waals surface area contributed by atoms with Gasteiger partial charge in [0.15, 0.2) is 0 Å². The Labute approximate surface area is 266 Å². The normalized spacial score (nSPS) is 11.2. The van der Waals surface area contributed by atoms with Crippen molar-refractivity contribution in [3.63, 3.8) is 0 Å². The minimum Gasteiger partial charge on any atom is -0.0932 e. The molecule has 0 N–H and O–H groups in total. The van der Waals surface area contributed by atoms with Gasteiger partial charge in [-0.25, -0.2) is 0 Å². The van der Waals surface area contributed by atoms with Crippen LogP contribution < -0.4 is 0 Å². The molecule has 6 aromatic rings. The zero-order valence-electron chi connectivity index (χ0n) is 25.3. The molecule has 218 valence electrons. The molecule has 0 aliphatic rings. The molecule has 6 aromatic carbocycles. The molecule has 0 saturated carbocycles. The number of hydrogen-bond donors (Lipinski definition) is 0. The van der Waals surface area contributed by atoms with Crippen LogP contribution in [0.4, 0.5) is 0 Å². The standard InChI is InChI=1S/C42H40P2/c1-5-17-35(18-6-1)29-43(30-36-19-7-2-8-20-36)33-39-25-13-15-27-41(39)42-28-16-14-26-40(42)34-44(31-37-21-9-3-10-22-37)32-38-23-11-4-12-24-38/h1-28H,29-34H2. The summed E-state index contributed by atoms with van der Waals surface area (Å²) in [5, 5.41) is 0. The first-order chi connectivity index (χ1) is 21.8. The molecule has 0 aromatic heterocycles. The number of hydrogen-bond acceptors (Lipinski definition) is 0. The van der Waals surface area contributed by atoms with Gasteiger partial charge < -0.3 is 0 Å². The Balaban J connectivity index is 1.30. The monoisotopic (exact) mass is 606 g/mol. The van der Waals surface area contributed by atoms with Gasteiger partial charge in [0, 0.05) is 0 Å². The highest BCUT2D eigenvalue weighted by Gasteiger charge is 2.18. The first-order valence-corrected chi connectivity index (χ1v) is 19.4. The van der Waals surface area contributed by atoms with E-state index in [4.69, 9.17) is 0 Å². The van der Waals surface area contributed by atoms with Crippen LogP contribution in [0.25, 0.3) is 11.1 Å². The topological polar surface area (TPSA) is 0 Å². The van der Waals surface area contributed by atoms with Crippen LogP contribution in [0, 0.1) is 0 Å². The fourth-order valence-electron chi connectivity index (χ4n) is 6.03. The second-order valence-electron chi connectivity index (χ2n) is 11.5. The Morgan fingerprint density at radius 3 is 0.795 bits per heavy atom. The summed E-state index contributed by atoms with van der Waals surface area (Å²) in [5.74, 6) is 0. The third-order valence-corrected chi connectivity index (χ3v) is 12.9. The van der Waals surface area contributed by atoms with E-state index < -0.39 is 0 Å². The summed E-state index contributed by atoms with van der Waals surface area (Å²) in [6.07, 6.45) is 6.79. The van der Waals surface area contributed by atoms with E-state index in [2.05, 4.69) is 170 Å². The maximum Gasteiger partial charge on any atom is -0.00610 e. The fraction of sp³-hybridized carbons (Fsp3) is 0.143. The maximum absolute atomic E-state index is 2.38. The summed E-state index contributed by atoms with van der Waals surface area (Å²) in [6.45, 7) is 0. The Morgan fingerprint density at radius 1 is 0.250 bits per heavy atom. The quantitative estimate of drug-likeness (QED) is 0.115. The van der Waals surface area contributed by atoms with Crippen molar-refractivity contribution >= 4 is 15.8 Å². The third-order valence-electron chi connectivity index (χ3n) is 8.11. The fourth-order valence-corrected chi connectivity index (χ4v) is 11.1. The molecule has 0 nitrogen and oxygen atoms in total. The van der Waals surface area contributed by atoms with Crippen molar-refractivity contribution in [2.45, 2.75) is 37.0 Å². The van der Waals surface area contributed by atoms with Gasteiger partial charge in [0.05, 0.1) is 0 Å². The molecule has 0 atom stereocenters. The van der Waals surface area contributed by atoms with Gasteiger partial charge in [0.25, 0.3) is 0 Å². The predicted octanol–water partition coefficient (Wildman–Crippen LogP) is 12.1. The van der Waals surface area contributed by atoms with Gasteiger partial charge >= 0.3 is 0 Å². The van der Waals surface area contributed by atoms with E-state index in [0.717, 1.165) is 37.0 Å². The first-order valence-electron chi connectivity index (χ1n) is 15.6. The van der Waals surface area contributed by atoms with E-state index in [9.17, 15) is 0 Å². The Morgan fingerprint density at radius 2 is 0.500 bits per heavy atom. The van der Waals surface area contributed by atoms with E-state index in [0.29, 0.717) is 0 Å². The van der Waals surface area contributed by atoms with E-state index in [1.165, 1.54) is 44.5 Å². The van der Waals surface area contributed by atoms with Crippen LogP contribution in [0.3, 0.4) is 0 Å². The van der Waals surface area contributed by atoms with Gasteiger partial charge in [-0.05, 0) is 81.5 Å². The lowest BCUT2D eigenvalue weighted by Crippen LogP contribution is -1.98. The first kappa shape index (κ1) is 30.2. The van der Waals surface area contributed by atoms with Crippen molar-refractivity contribution < 1.29 is 0 Å². The second-order valence-corrected chi connectivity index (χ2v) is 16.1. The lowest BCUT2D eigenvalue weighted by Gasteiger charge is -2.23. The van der Waals surface area contributed by atoms with Crippen molar-refractivity contribution in [2.75, 3.05) is 0 Å². The zero-order valence-corrected chi connectivity index (χ0v) is 27.1. The lowest BCUT2D eigenvalue weighted by atomic mass is 9.97. The molecular weight excluding hydrogens is 566 g/mol. The highest BCUT2D eigenvalue weighted by atomic mass is 31.1. The van der Waals surface area contributed by atoms with Crippen LogP contribution in [0.1, 0.15) is 33.4 Å². The van der Waals surface area contributed by atoms with Gasteiger partial charge in [-0.3, -0.25) is 0 Å². The molecule has 6 rings (SSSR count). The van der Waals surface area contributed by atoms with Crippen LogP contribution in [0.15, 0.2) is 170 Å². The average molecular weight is 607 g/mol. The van der Waals surface area contributed by atoms with Gasteiger partial charge in [-0.15, -0.1) is 0 Å². The van der Waals surface area contributed by atoms with Crippen LogP contribution in [0.5, 0.6) is 0 Å². The number of rotatable bonds is 13. The van der Waals surface area contributed by atoms with E-state index in [1.54, 1.807) is 0 Å². The molecule has 0 bridgehead atoms. The summed E-state index contributed by atoms with van der Waals surface area (Å²) in [6, 6.07) is 62.7. The van der Waals surface area contributed by atoms with E-state index in [-0.39, 0.29) is 15.8 Å². The van der Waals surface area contributed by atoms with Crippen LogP contribution in [0.2, 0.25) is 0 Å². The molecular formula is C42H40P2. The highest BCUT2D eigenvalue weighted by molar-refractivity contribution is 7.55. The summed E-state index contributed by atoms with van der Waals surface area (Å²) >= 11 is 0. The molecule has 0 spiro atoms. The molecule has 0 saturated heterocycles. The molecule has 0 heterocycles. The smallest absolute Gasteiger partial charge is 0.00610 e. The Kier molecular flexibility index (Phi) is 10.8. The SMILES string of the molecule is c1ccc(CP(Cc2ccccc2)Cc2ccccc2-c2ccccc2CP(Cc2ccccc2)Cc2ccccc2)cc1. The van der Waals surface area contributed by atoms with Gasteiger partial charge in [-0.1, -0.05) is 186 Å². The zero-order chi connectivity index (χ0) is 29.8. The van der Waals surface area contributed by atoms with Crippen LogP contribution >= 0.6 is 15.8 Å². The molecule has 2 heteroatoms. The van der Waals surface area contributed by atoms with Gasteiger partial charge in [-0.2, -0.15) is 0 Å². The Bertz CT molecular complexity index is 1490. The van der Waals surface area contributed by atoms with Gasteiger partial charge in [0.1, 0.15) is 0 Å². The average Bonchev–Trinajstić information content (AvgIpc) is 3.07. The molecule has 0 fully saturated rings. The summed E-state index contributed by atoms with van der Waals surface area (Å²) < 4.78 is 0. The van der Waals surface area contributed by atoms with Crippen molar-refractivity contribution in [3.05, 3.63) is 203 Å². The molecule has 0 aliphatic heterocycles. The van der Waals surface area contributed by atoms with Gasteiger partial charge in [0.2, 0.25) is 0 Å². The molecule has 44 heavy (non-hydrogen) atoms. The molecule has 0 unspecified atom stereocenters. The van der Waals surface area contributed by atoms with Crippen molar-refractivity contribution in [1.82, 2.24) is 0 Å². The predicted molar refractivity (Wildman–Crippen MR) is 194 cm³/mol. The minimum atomic E-state index is -0.285. The maximum atomic E-state index is 2.38. The molecule has 0 aliphatic carbocycles. The summed E-state index contributed by atoms with van der Waals surface area (Å²) in [5.41, 5.74) is 11.6. The van der Waals surface area contributed by atoms with Crippen LogP contribution in [-0.2, 0) is 37.0 Å². The molecule has 0 amide bonds. The van der Waals surface area contributed by atoms with Crippen molar-refractivity contribution in [3.8, 4) is 11.1 Å². The summed E-state index contributed by atoms with van der Waals surface area (Å²) in [7, 11) is -0.570. The highest BCUT2D eigenvalue weighted by Crippen LogP contribution is 2.50. The summed E-state index contributed by atoms with van der Waals surface area (Å²) in [4.78, 5) is 0. The number of benzene rings is 6. The lowest BCUT2D eigenvalue weighted by molar-refractivity contribution is 1.25. The van der Waals surface area contributed by atoms with E-state index >= 15 is 0 Å². The largest absolute Gasteiger partial charge is 0.0932 e. The minimum absolute atomic E-state index is 0.285. The van der Waals surface area contributed by atoms with Crippen LogP contribution in [-0.4, -0.2) is 0 Å². The van der Waals surface area contributed by atoms with Crippen molar-refractivity contribution in [2.24, 2.45) is 0 Å². The second kappa shape index (κ2) is 15.8. The Hall–Kier alpha value is -3.82. The van der Waals surface area contributed by atoms with Crippen molar-refractivity contribution in [1.29, 1.82) is 0 Å². The molecule has 0 radical (unpaired) electrons.